The number of fused-ring (bicyclic) bond motifs is 1. The van der Waals surface area contributed by atoms with Crippen molar-refractivity contribution in [3.63, 3.8) is 0 Å². The molecule has 0 radical (unpaired) electrons. The molecule has 2 amide bonds. The van der Waals surface area contributed by atoms with Gasteiger partial charge in [-0.25, -0.2) is 4.98 Å². The van der Waals surface area contributed by atoms with Gasteiger partial charge in [-0.3, -0.25) is 14.4 Å². The van der Waals surface area contributed by atoms with E-state index in [9.17, 15) is 14.4 Å². The smallest absolute Gasteiger partial charge is 0.275 e. The highest BCUT2D eigenvalue weighted by molar-refractivity contribution is 5.84. The van der Waals surface area contributed by atoms with Crippen LogP contribution in [-0.2, 0) is 16.1 Å². The van der Waals surface area contributed by atoms with Crippen LogP contribution in [0.25, 0.3) is 10.9 Å². The van der Waals surface area contributed by atoms with Crippen LogP contribution < -0.4 is 15.8 Å². The lowest BCUT2D eigenvalue weighted by molar-refractivity contribution is -0.906. The maximum Gasteiger partial charge on any atom is 0.275 e. The monoisotopic (exact) mass is 374 g/mol. The van der Waals surface area contributed by atoms with Crippen LogP contribution in [0, 0.1) is 0 Å². The number of hydrogen-bond acceptors (Lipinski definition) is 4. The van der Waals surface area contributed by atoms with Crippen LogP contribution >= 0.6 is 0 Å². The van der Waals surface area contributed by atoms with Crippen LogP contribution in [0.4, 0.5) is 0 Å². The number of para-hydroxylation sites is 1. The Balaban J connectivity index is 2.06. The molecule has 2 rings (SSSR count). The first-order valence-electron chi connectivity index (χ1n) is 9.19. The Bertz CT molecular complexity index is 847. The van der Waals surface area contributed by atoms with Crippen molar-refractivity contribution in [1.82, 2.24) is 20.2 Å². The first kappa shape index (κ1) is 20.6. The van der Waals surface area contributed by atoms with E-state index in [0.29, 0.717) is 23.3 Å². The van der Waals surface area contributed by atoms with Gasteiger partial charge < -0.3 is 20.1 Å². The van der Waals surface area contributed by atoms with Crippen molar-refractivity contribution < 1.29 is 14.5 Å². The Morgan fingerprint density at radius 1 is 1.26 bits per heavy atom. The van der Waals surface area contributed by atoms with E-state index in [-0.39, 0.29) is 30.5 Å². The number of unbranched alkanes of at least 4 members (excludes halogenated alkanes) is 1. The van der Waals surface area contributed by atoms with Crippen molar-refractivity contribution in [2.24, 2.45) is 0 Å². The van der Waals surface area contributed by atoms with Crippen LogP contribution in [0.5, 0.6) is 0 Å². The zero-order valence-corrected chi connectivity index (χ0v) is 16.2. The first-order valence-corrected chi connectivity index (χ1v) is 9.19. The molecular weight excluding hydrogens is 346 g/mol. The molecular formula is C19H28N5O3+. The van der Waals surface area contributed by atoms with Crippen LogP contribution in [0.2, 0.25) is 0 Å². The minimum atomic E-state index is -0.195. The maximum atomic E-state index is 12.2. The lowest BCUT2D eigenvalue weighted by Crippen LogP contribution is -3.12. The summed E-state index contributed by atoms with van der Waals surface area (Å²) in [7, 11) is 3.30. The molecule has 0 aliphatic carbocycles. The number of carbonyl (C=O) groups excluding carboxylic acids is 2. The van der Waals surface area contributed by atoms with E-state index in [2.05, 4.69) is 22.2 Å². The predicted octanol–water partition coefficient (Wildman–Crippen LogP) is -0.687. The zero-order chi connectivity index (χ0) is 19.8. The second-order valence-electron chi connectivity index (χ2n) is 6.80. The number of hydrogen-bond donors (Lipinski definition) is 3. The Morgan fingerprint density at radius 2 is 2.00 bits per heavy atom. The SMILES string of the molecule is CCCC[NH+](CC(=O)NCC(=O)N(C)C)Cc1nc2ccccc2c(=O)[nH]1. The molecule has 0 fully saturated rings. The summed E-state index contributed by atoms with van der Waals surface area (Å²) < 4.78 is 0. The molecule has 27 heavy (non-hydrogen) atoms. The minimum absolute atomic E-state index is 0.0159. The molecule has 3 N–H and O–H groups in total. The summed E-state index contributed by atoms with van der Waals surface area (Å²) in [5.74, 6) is 0.209. The average Bonchev–Trinajstić information content (AvgIpc) is 2.64. The van der Waals surface area contributed by atoms with Crippen molar-refractivity contribution in [1.29, 1.82) is 0 Å². The normalized spacial score (nSPS) is 12.0. The van der Waals surface area contributed by atoms with Gasteiger partial charge in [0, 0.05) is 14.1 Å². The first-order chi connectivity index (χ1) is 12.9. The van der Waals surface area contributed by atoms with Crippen molar-refractivity contribution in [3.05, 3.63) is 40.4 Å². The van der Waals surface area contributed by atoms with Gasteiger partial charge >= 0.3 is 0 Å². The fraction of sp³-hybridized carbons (Fsp3) is 0.474. The van der Waals surface area contributed by atoms with Crippen molar-refractivity contribution >= 4 is 22.7 Å². The van der Waals surface area contributed by atoms with E-state index in [1.54, 1.807) is 32.3 Å². The van der Waals surface area contributed by atoms with Crippen molar-refractivity contribution in [2.75, 3.05) is 33.7 Å². The number of benzene rings is 1. The summed E-state index contributed by atoms with van der Waals surface area (Å²) in [4.78, 5) is 45.8. The van der Waals surface area contributed by atoms with Crippen LogP contribution in [0.3, 0.4) is 0 Å². The van der Waals surface area contributed by atoms with E-state index in [1.165, 1.54) is 4.90 Å². The third-order valence-corrected chi connectivity index (χ3v) is 4.31. The number of likely N-dealkylation sites (N-methyl/N-ethyl adjacent to an activating group) is 1. The average molecular weight is 374 g/mol. The van der Waals surface area contributed by atoms with Crippen LogP contribution in [0.15, 0.2) is 29.1 Å². The molecule has 1 atom stereocenters. The summed E-state index contributed by atoms with van der Waals surface area (Å²) in [6.45, 7) is 3.51. The molecule has 1 heterocycles. The highest BCUT2D eigenvalue weighted by Crippen LogP contribution is 2.04. The third kappa shape index (κ3) is 6.18. The van der Waals surface area contributed by atoms with Gasteiger partial charge in [-0.05, 0) is 18.6 Å². The highest BCUT2D eigenvalue weighted by atomic mass is 16.2. The molecule has 146 valence electrons. The van der Waals surface area contributed by atoms with E-state index >= 15 is 0 Å². The second-order valence-corrected chi connectivity index (χ2v) is 6.80. The molecule has 1 aromatic carbocycles. The number of rotatable bonds is 9. The number of quaternary nitrogens is 1. The second kappa shape index (κ2) is 9.82. The Labute approximate surface area is 158 Å². The van der Waals surface area contributed by atoms with Crippen molar-refractivity contribution in [2.45, 2.75) is 26.3 Å². The van der Waals surface area contributed by atoms with Gasteiger partial charge in [-0.15, -0.1) is 0 Å². The molecule has 0 spiro atoms. The molecule has 1 unspecified atom stereocenters. The fourth-order valence-electron chi connectivity index (χ4n) is 2.74. The molecule has 0 aliphatic heterocycles. The van der Waals surface area contributed by atoms with Gasteiger partial charge in [0.1, 0.15) is 6.54 Å². The van der Waals surface area contributed by atoms with E-state index in [0.717, 1.165) is 24.3 Å². The van der Waals surface area contributed by atoms with Crippen LogP contribution in [0.1, 0.15) is 25.6 Å². The topological polar surface area (TPSA) is 99.6 Å². The summed E-state index contributed by atoms with van der Waals surface area (Å²) in [5.41, 5.74) is 0.471. The Kier molecular flexibility index (Phi) is 7.48. The number of aromatic nitrogens is 2. The van der Waals surface area contributed by atoms with E-state index < -0.39 is 0 Å². The van der Waals surface area contributed by atoms with Gasteiger partial charge in [0.2, 0.25) is 5.91 Å². The number of nitrogens with one attached hydrogen (secondary N) is 3. The summed E-state index contributed by atoms with van der Waals surface area (Å²) in [6.07, 6.45) is 1.96. The summed E-state index contributed by atoms with van der Waals surface area (Å²) in [6, 6.07) is 7.19. The van der Waals surface area contributed by atoms with Gasteiger partial charge in [0.25, 0.3) is 11.5 Å². The lowest BCUT2D eigenvalue weighted by Gasteiger charge is -2.19. The van der Waals surface area contributed by atoms with Crippen LogP contribution in [-0.4, -0.2) is 60.4 Å². The minimum Gasteiger partial charge on any atom is -0.347 e. The molecule has 1 aromatic heterocycles. The predicted molar refractivity (Wildman–Crippen MR) is 103 cm³/mol. The standard InChI is InChI=1S/C19H27N5O3/c1-4-5-10-24(13-17(25)20-11-18(26)23(2)3)12-16-21-15-9-7-6-8-14(15)19(27)22-16/h6-9H,4-5,10-13H2,1-3H3,(H,20,25)(H,21,22,27)/p+1. The zero-order valence-electron chi connectivity index (χ0n) is 16.2. The Morgan fingerprint density at radius 3 is 2.70 bits per heavy atom. The number of aromatic amines is 1. The third-order valence-electron chi connectivity index (χ3n) is 4.31. The Hall–Kier alpha value is -2.74. The van der Waals surface area contributed by atoms with Gasteiger partial charge in [0.05, 0.1) is 24.0 Å². The fourth-order valence-corrected chi connectivity index (χ4v) is 2.74. The molecule has 0 bridgehead atoms. The molecule has 8 nitrogen and oxygen atoms in total. The highest BCUT2D eigenvalue weighted by Gasteiger charge is 2.17. The number of H-pyrrole nitrogens is 1. The number of amides is 2. The summed E-state index contributed by atoms with van der Waals surface area (Å²) >= 11 is 0. The molecule has 2 aromatic rings. The maximum absolute atomic E-state index is 12.2. The van der Waals surface area contributed by atoms with E-state index in [4.69, 9.17) is 0 Å². The quantitative estimate of drug-likeness (QED) is 0.541. The molecule has 0 aliphatic rings. The van der Waals surface area contributed by atoms with Gasteiger partial charge in [-0.1, -0.05) is 25.5 Å². The molecule has 0 saturated heterocycles. The van der Waals surface area contributed by atoms with E-state index in [1.807, 2.05) is 6.07 Å². The number of carbonyl (C=O) groups is 2. The largest absolute Gasteiger partial charge is 0.347 e. The molecule has 8 heteroatoms. The summed E-state index contributed by atoms with van der Waals surface area (Å²) in [5, 5.41) is 3.21. The van der Waals surface area contributed by atoms with Gasteiger partial charge in [-0.2, -0.15) is 0 Å². The van der Waals surface area contributed by atoms with Gasteiger partial charge in [0.15, 0.2) is 12.4 Å². The lowest BCUT2D eigenvalue weighted by atomic mass is 10.2. The molecule has 0 saturated carbocycles. The number of nitrogens with zero attached hydrogens (tertiary/aromatic N) is 2. The van der Waals surface area contributed by atoms with Crippen molar-refractivity contribution in [3.8, 4) is 0 Å².